The third-order valence-corrected chi connectivity index (χ3v) is 2.65. The molecule has 1 N–H and O–H groups in total. The minimum Gasteiger partial charge on any atom is -0.307 e. The van der Waals surface area contributed by atoms with Crippen LogP contribution in [0.4, 0.5) is 0 Å². The molecule has 2 rings (SSSR count). The smallest absolute Gasteiger partial charge is 0.193 e. The van der Waals surface area contributed by atoms with E-state index < -0.39 is 0 Å². The molecule has 14 heavy (non-hydrogen) atoms. The summed E-state index contributed by atoms with van der Waals surface area (Å²) in [7, 11) is 0. The van der Waals surface area contributed by atoms with Gasteiger partial charge in [0.1, 0.15) is 0 Å². The number of fused-ring (bicyclic) bond motifs is 1. The second kappa shape index (κ2) is 3.94. The van der Waals surface area contributed by atoms with E-state index in [2.05, 4.69) is 23.1 Å². The third-order valence-electron chi connectivity index (χ3n) is 1.88. The van der Waals surface area contributed by atoms with Crippen LogP contribution in [0.5, 0.6) is 0 Å². The molecule has 3 nitrogen and oxygen atoms in total. The summed E-state index contributed by atoms with van der Waals surface area (Å²) in [6.45, 7) is 7.50. The fourth-order valence-corrected chi connectivity index (χ4v) is 1.98. The average Bonchev–Trinajstić information content (AvgIpc) is 2.62. The summed E-state index contributed by atoms with van der Waals surface area (Å²) in [6.07, 6.45) is 4.08. The van der Waals surface area contributed by atoms with Crippen LogP contribution in [0, 0.1) is 0 Å². The Balaban J connectivity index is 1.98. The molecule has 0 spiro atoms. The number of rotatable bonds is 4. The molecular weight excluding hydrogens is 194 g/mol. The monoisotopic (exact) mass is 207 g/mol. The minimum absolute atomic E-state index is 0.807. The Morgan fingerprint density at radius 2 is 2.57 bits per heavy atom. The van der Waals surface area contributed by atoms with Gasteiger partial charge in [-0.2, -0.15) is 0 Å². The van der Waals surface area contributed by atoms with Crippen LogP contribution < -0.4 is 5.32 Å². The van der Waals surface area contributed by atoms with Gasteiger partial charge >= 0.3 is 0 Å². The number of nitrogens with zero attached hydrogens (tertiary/aromatic N) is 2. The summed E-state index contributed by atoms with van der Waals surface area (Å²) in [5.41, 5.74) is 2.23. The van der Waals surface area contributed by atoms with Crippen LogP contribution in [-0.2, 0) is 6.54 Å². The van der Waals surface area contributed by atoms with E-state index in [1.54, 1.807) is 11.3 Å². The maximum atomic E-state index is 4.46. The largest absolute Gasteiger partial charge is 0.307 e. The highest BCUT2D eigenvalue weighted by Crippen LogP contribution is 2.10. The Hall–Kier alpha value is -1.13. The van der Waals surface area contributed by atoms with Crippen LogP contribution in [0.25, 0.3) is 4.96 Å². The number of hydrogen-bond donors (Lipinski definition) is 1. The molecule has 0 aliphatic heterocycles. The molecule has 0 amide bonds. The molecular formula is C10H13N3S. The van der Waals surface area contributed by atoms with Gasteiger partial charge in [-0.1, -0.05) is 12.2 Å². The van der Waals surface area contributed by atoms with E-state index in [-0.39, 0.29) is 0 Å². The lowest BCUT2D eigenvalue weighted by Gasteiger charge is -2.00. The highest BCUT2D eigenvalue weighted by molar-refractivity contribution is 7.15. The molecule has 0 saturated carbocycles. The molecule has 0 aliphatic rings. The lowest BCUT2D eigenvalue weighted by molar-refractivity contribution is 0.728. The van der Waals surface area contributed by atoms with E-state index in [0.29, 0.717) is 0 Å². The van der Waals surface area contributed by atoms with Gasteiger partial charge < -0.3 is 5.32 Å². The molecule has 0 atom stereocenters. The molecule has 0 fully saturated rings. The predicted molar refractivity (Wildman–Crippen MR) is 59.6 cm³/mol. The molecule has 0 aliphatic carbocycles. The van der Waals surface area contributed by atoms with Crippen LogP contribution in [0.15, 0.2) is 29.9 Å². The Kier molecular flexibility index (Phi) is 2.65. The summed E-state index contributed by atoms with van der Waals surface area (Å²) in [5, 5.41) is 5.32. The molecule has 4 heteroatoms. The maximum absolute atomic E-state index is 4.46. The average molecular weight is 207 g/mol. The first-order valence-electron chi connectivity index (χ1n) is 4.52. The van der Waals surface area contributed by atoms with E-state index in [1.165, 1.54) is 0 Å². The summed E-state index contributed by atoms with van der Waals surface area (Å²) in [4.78, 5) is 5.51. The van der Waals surface area contributed by atoms with Crippen molar-refractivity contribution in [3.63, 3.8) is 0 Å². The lowest BCUT2D eigenvalue weighted by Crippen LogP contribution is -2.15. The Morgan fingerprint density at radius 1 is 1.71 bits per heavy atom. The SMILES string of the molecule is C=C(C)CNCc1cn2ccsc2n1. The molecule has 2 aromatic heterocycles. The topological polar surface area (TPSA) is 29.3 Å². The second-order valence-corrected chi connectivity index (χ2v) is 4.26. The Labute approximate surface area is 87.1 Å². The van der Waals surface area contributed by atoms with Crippen LogP contribution in [0.1, 0.15) is 12.6 Å². The zero-order valence-electron chi connectivity index (χ0n) is 8.16. The van der Waals surface area contributed by atoms with Crippen LogP contribution in [-0.4, -0.2) is 15.9 Å². The van der Waals surface area contributed by atoms with Gasteiger partial charge in [-0.15, -0.1) is 11.3 Å². The Morgan fingerprint density at radius 3 is 3.29 bits per heavy atom. The van der Waals surface area contributed by atoms with Crippen molar-refractivity contribution < 1.29 is 0 Å². The molecule has 2 heterocycles. The van der Waals surface area contributed by atoms with Crippen molar-refractivity contribution in [3.8, 4) is 0 Å². The van der Waals surface area contributed by atoms with Crippen molar-refractivity contribution in [3.05, 3.63) is 35.6 Å². The van der Waals surface area contributed by atoms with Gasteiger partial charge in [0.2, 0.25) is 0 Å². The van der Waals surface area contributed by atoms with Crippen molar-refractivity contribution in [1.29, 1.82) is 0 Å². The zero-order valence-corrected chi connectivity index (χ0v) is 8.97. The first kappa shape index (κ1) is 9.43. The van der Waals surface area contributed by atoms with Gasteiger partial charge in [0.15, 0.2) is 4.96 Å². The highest BCUT2D eigenvalue weighted by Gasteiger charge is 2.00. The van der Waals surface area contributed by atoms with Crippen LogP contribution in [0.3, 0.4) is 0 Å². The standard InChI is InChI=1S/C10H13N3S/c1-8(2)5-11-6-9-7-13-3-4-14-10(13)12-9/h3-4,7,11H,1,5-6H2,2H3. The number of aromatic nitrogens is 2. The number of hydrogen-bond acceptors (Lipinski definition) is 3. The molecule has 74 valence electrons. The fourth-order valence-electron chi connectivity index (χ4n) is 1.27. The lowest BCUT2D eigenvalue weighted by atomic mass is 10.3. The molecule has 0 unspecified atom stereocenters. The summed E-state index contributed by atoms with van der Waals surface area (Å²) < 4.78 is 2.04. The summed E-state index contributed by atoms with van der Waals surface area (Å²) in [5.74, 6) is 0. The zero-order chi connectivity index (χ0) is 9.97. The van der Waals surface area contributed by atoms with E-state index >= 15 is 0 Å². The molecule has 0 aromatic carbocycles. The molecule has 2 aromatic rings. The maximum Gasteiger partial charge on any atom is 0.193 e. The summed E-state index contributed by atoms with van der Waals surface area (Å²) in [6, 6.07) is 0. The molecule has 0 bridgehead atoms. The second-order valence-electron chi connectivity index (χ2n) is 3.39. The molecule has 0 radical (unpaired) electrons. The van der Waals surface area contributed by atoms with Gasteiger partial charge in [-0.3, -0.25) is 4.40 Å². The van der Waals surface area contributed by atoms with E-state index in [4.69, 9.17) is 0 Å². The van der Waals surface area contributed by atoms with Crippen molar-refractivity contribution in [1.82, 2.24) is 14.7 Å². The quantitative estimate of drug-likeness (QED) is 0.778. The number of imidazole rings is 1. The fraction of sp³-hybridized carbons (Fsp3) is 0.300. The van der Waals surface area contributed by atoms with Crippen LogP contribution >= 0.6 is 11.3 Å². The van der Waals surface area contributed by atoms with Gasteiger partial charge in [0, 0.05) is 30.9 Å². The van der Waals surface area contributed by atoms with Crippen molar-refractivity contribution in [2.24, 2.45) is 0 Å². The van der Waals surface area contributed by atoms with Gasteiger partial charge in [0.05, 0.1) is 5.69 Å². The van der Waals surface area contributed by atoms with E-state index in [9.17, 15) is 0 Å². The molecule has 0 saturated heterocycles. The highest BCUT2D eigenvalue weighted by atomic mass is 32.1. The summed E-state index contributed by atoms with van der Waals surface area (Å²) >= 11 is 1.65. The van der Waals surface area contributed by atoms with Gasteiger partial charge in [0.25, 0.3) is 0 Å². The van der Waals surface area contributed by atoms with Crippen LogP contribution in [0.2, 0.25) is 0 Å². The predicted octanol–water partition coefficient (Wildman–Crippen LogP) is 2.06. The van der Waals surface area contributed by atoms with Crippen molar-refractivity contribution in [2.45, 2.75) is 13.5 Å². The number of thiazole rings is 1. The van der Waals surface area contributed by atoms with Crippen molar-refractivity contribution in [2.75, 3.05) is 6.54 Å². The van der Waals surface area contributed by atoms with Gasteiger partial charge in [-0.25, -0.2) is 4.98 Å². The first-order valence-corrected chi connectivity index (χ1v) is 5.40. The number of nitrogens with one attached hydrogen (secondary N) is 1. The van der Waals surface area contributed by atoms with E-state index in [1.807, 2.05) is 22.9 Å². The van der Waals surface area contributed by atoms with Crippen molar-refractivity contribution >= 4 is 16.3 Å². The first-order chi connectivity index (χ1) is 6.75. The normalized spacial score (nSPS) is 10.9. The van der Waals surface area contributed by atoms with E-state index in [0.717, 1.165) is 29.3 Å². The Bertz CT molecular complexity index is 412. The van der Waals surface area contributed by atoms with Gasteiger partial charge in [-0.05, 0) is 6.92 Å². The third kappa shape index (κ3) is 2.02. The minimum atomic E-state index is 0.807.